The fraction of sp³-hybridized carbons (Fsp3) is 0.400. The van der Waals surface area contributed by atoms with E-state index >= 15 is 0 Å². The first-order valence-corrected chi connectivity index (χ1v) is 4.54. The second kappa shape index (κ2) is 5.42. The maximum absolute atomic E-state index is 12.8. The van der Waals surface area contributed by atoms with Crippen LogP contribution in [0.5, 0.6) is 11.8 Å². The number of hydrogen-bond donors (Lipinski definition) is 0. The molecule has 0 radical (unpaired) electrons. The van der Waals surface area contributed by atoms with E-state index in [1.807, 2.05) is 0 Å². The van der Waals surface area contributed by atoms with Gasteiger partial charge in [-0.1, -0.05) is 0 Å². The number of aromatic nitrogens is 1. The summed E-state index contributed by atoms with van der Waals surface area (Å²) in [5, 5.41) is 0. The highest BCUT2D eigenvalue weighted by atomic mass is 19.3. The average molecular weight is 247 g/mol. The monoisotopic (exact) mass is 247 g/mol. The molecule has 1 rings (SSSR count). The van der Waals surface area contributed by atoms with Gasteiger partial charge in [0.15, 0.2) is 0 Å². The van der Waals surface area contributed by atoms with Crippen molar-refractivity contribution >= 4 is 5.97 Å². The van der Waals surface area contributed by atoms with Crippen molar-refractivity contribution in [1.82, 2.24) is 4.98 Å². The first-order valence-electron chi connectivity index (χ1n) is 4.54. The number of carbonyl (C=O) groups excluding carboxylic acids is 1. The summed E-state index contributed by atoms with van der Waals surface area (Å²) in [5.74, 6) is -1.26. The number of hydrogen-bond acceptors (Lipinski definition) is 5. The van der Waals surface area contributed by atoms with Crippen LogP contribution in [-0.4, -0.2) is 32.3 Å². The zero-order chi connectivity index (χ0) is 13.0. The Morgan fingerprint density at radius 1 is 1.29 bits per heavy atom. The molecule has 0 aliphatic heterocycles. The van der Waals surface area contributed by atoms with E-state index in [0.29, 0.717) is 0 Å². The molecule has 1 aromatic rings. The quantitative estimate of drug-likeness (QED) is 0.759. The summed E-state index contributed by atoms with van der Waals surface area (Å²) < 4.78 is 39.5. The Morgan fingerprint density at radius 3 is 2.35 bits per heavy atom. The van der Waals surface area contributed by atoms with E-state index in [2.05, 4.69) is 9.72 Å². The Kier molecular flexibility index (Phi) is 4.19. The lowest BCUT2D eigenvalue weighted by Gasteiger charge is -2.12. The largest absolute Gasteiger partial charge is 0.481 e. The molecule has 0 fully saturated rings. The number of rotatable bonds is 4. The topological polar surface area (TPSA) is 57.7 Å². The van der Waals surface area contributed by atoms with E-state index in [1.165, 1.54) is 14.2 Å². The lowest BCUT2D eigenvalue weighted by Crippen LogP contribution is -2.10. The average Bonchev–Trinajstić information content (AvgIpc) is 2.35. The summed E-state index contributed by atoms with van der Waals surface area (Å²) in [5.41, 5.74) is -0.939. The van der Waals surface area contributed by atoms with E-state index in [0.717, 1.165) is 13.2 Å². The Hall–Kier alpha value is -1.92. The Balaban J connectivity index is 3.46. The van der Waals surface area contributed by atoms with Crippen LogP contribution < -0.4 is 9.47 Å². The minimum atomic E-state index is -2.87. The second-order valence-corrected chi connectivity index (χ2v) is 2.93. The molecule has 7 heteroatoms. The van der Waals surface area contributed by atoms with Crippen LogP contribution in [0.25, 0.3) is 0 Å². The van der Waals surface area contributed by atoms with Crippen molar-refractivity contribution in [2.75, 3.05) is 21.3 Å². The molecular formula is C10H11F2NO4. The molecule has 0 amide bonds. The lowest BCUT2D eigenvalue weighted by molar-refractivity contribution is 0.0583. The highest BCUT2D eigenvalue weighted by Crippen LogP contribution is 2.32. The highest BCUT2D eigenvalue weighted by Gasteiger charge is 2.26. The lowest BCUT2D eigenvalue weighted by atomic mass is 10.1. The standard InChI is InChI=1S/C10H11F2NO4/c1-15-6-4-5(8(11)12)7(10(14)17-3)9(13-6)16-2/h4,8H,1-3H3. The molecular weight excluding hydrogens is 236 g/mol. The van der Waals surface area contributed by atoms with E-state index in [9.17, 15) is 13.6 Å². The summed E-state index contributed by atoms with van der Waals surface area (Å²) >= 11 is 0. The number of ether oxygens (including phenoxy) is 3. The van der Waals surface area contributed by atoms with Crippen molar-refractivity contribution in [3.8, 4) is 11.8 Å². The minimum Gasteiger partial charge on any atom is -0.481 e. The van der Waals surface area contributed by atoms with Gasteiger partial charge >= 0.3 is 5.97 Å². The predicted octanol–water partition coefficient (Wildman–Crippen LogP) is 1.82. The summed E-state index contributed by atoms with van der Waals surface area (Å²) in [4.78, 5) is 15.1. The van der Waals surface area contributed by atoms with Gasteiger partial charge in [-0.25, -0.2) is 13.6 Å². The fourth-order valence-corrected chi connectivity index (χ4v) is 1.25. The number of alkyl halides is 2. The number of carbonyl (C=O) groups is 1. The Bertz CT molecular complexity index is 423. The minimum absolute atomic E-state index is 0.0650. The number of methoxy groups -OCH3 is 3. The molecule has 94 valence electrons. The maximum Gasteiger partial charge on any atom is 0.343 e. The van der Waals surface area contributed by atoms with E-state index in [4.69, 9.17) is 9.47 Å². The van der Waals surface area contributed by atoms with Crippen LogP contribution in [0, 0.1) is 0 Å². The molecule has 0 saturated heterocycles. The molecule has 0 saturated carbocycles. The number of nitrogens with zero attached hydrogens (tertiary/aromatic N) is 1. The zero-order valence-corrected chi connectivity index (χ0v) is 9.49. The van der Waals surface area contributed by atoms with Gasteiger partial charge in [-0.2, -0.15) is 4.98 Å². The van der Waals surface area contributed by atoms with Crippen LogP contribution in [0.3, 0.4) is 0 Å². The SMILES string of the molecule is COC(=O)c1c(C(F)F)cc(OC)nc1OC. The molecule has 5 nitrogen and oxygen atoms in total. The third kappa shape index (κ3) is 2.61. The van der Waals surface area contributed by atoms with Gasteiger partial charge in [0.1, 0.15) is 5.56 Å². The van der Waals surface area contributed by atoms with Gasteiger partial charge in [0.25, 0.3) is 6.43 Å². The first kappa shape index (κ1) is 13.1. The second-order valence-electron chi connectivity index (χ2n) is 2.93. The van der Waals surface area contributed by atoms with Crippen molar-refractivity contribution in [1.29, 1.82) is 0 Å². The van der Waals surface area contributed by atoms with E-state index in [1.54, 1.807) is 0 Å². The van der Waals surface area contributed by atoms with Crippen molar-refractivity contribution in [2.24, 2.45) is 0 Å². The first-order chi connectivity index (χ1) is 8.04. The zero-order valence-electron chi connectivity index (χ0n) is 9.49. The van der Waals surface area contributed by atoms with E-state index in [-0.39, 0.29) is 11.8 Å². The molecule has 0 N–H and O–H groups in total. The molecule has 0 bridgehead atoms. The van der Waals surface area contributed by atoms with E-state index < -0.39 is 23.5 Å². The third-order valence-electron chi connectivity index (χ3n) is 2.02. The van der Waals surface area contributed by atoms with Crippen LogP contribution in [0.1, 0.15) is 22.3 Å². The Labute approximate surface area is 96.3 Å². The van der Waals surface area contributed by atoms with Gasteiger partial charge in [0, 0.05) is 11.6 Å². The van der Waals surface area contributed by atoms with Gasteiger partial charge < -0.3 is 14.2 Å². The maximum atomic E-state index is 12.8. The molecule has 0 aliphatic rings. The van der Waals surface area contributed by atoms with Crippen LogP contribution in [0.4, 0.5) is 8.78 Å². The molecule has 0 spiro atoms. The summed E-state index contributed by atoms with van der Waals surface area (Å²) in [6.07, 6.45) is -2.87. The van der Waals surface area contributed by atoms with Gasteiger partial charge in [-0.05, 0) is 0 Å². The summed E-state index contributed by atoms with van der Waals surface area (Å²) in [7, 11) is 3.57. The number of halogens is 2. The fourth-order valence-electron chi connectivity index (χ4n) is 1.25. The third-order valence-corrected chi connectivity index (χ3v) is 2.02. The van der Waals surface area contributed by atoms with Crippen LogP contribution in [0.15, 0.2) is 6.07 Å². The number of esters is 1. The van der Waals surface area contributed by atoms with Crippen molar-refractivity contribution in [3.05, 3.63) is 17.2 Å². The molecule has 1 aromatic heterocycles. The van der Waals surface area contributed by atoms with Crippen LogP contribution in [0.2, 0.25) is 0 Å². The predicted molar refractivity (Wildman–Crippen MR) is 53.6 cm³/mol. The molecule has 17 heavy (non-hydrogen) atoms. The Morgan fingerprint density at radius 2 is 1.94 bits per heavy atom. The summed E-state index contributed by atoms with van der Waals surface area (Å²) in [6.45, 7) is 0. The van der Waals surface area contributed by atoms with Gasteiger partial charge in [0.2, 0.25) is 11.8 Å². The molecule has 0 unspecified atom stereocenters. The molecule has 1 heterocycles. The molecule has 0 aliphatic carbocycles. The molecule has 0 atom stereocenters. The van der Waals surface area contributed by atoms with Crippen molar-refractivity contribution in [3.63, 3.8) is 0 Å². The van der Waals surface area contributed by atoms with Crippen molar-refractivity contribution in [2.45, 2.75) is 6.43 Å². The van der Waals surface area contributed by atoms with Crippen LogP contribution in [-0.2, 0) is 4.74 Å². The molecule has 0 aromatic carbocycles. The normalized spacial score (nSPS) is 10.2. The van der Waals surface area contributed by atoms with Gasteiger partial charge in [-0.15, -0.1) is 0 Å². The van der Waals surface area contributed by atoms with Crippen LogP contribution >= 0.6 is 0 Å². The van der Waals surface area contributed by atoms with Crippen molar-refractivity contribution < 1.29 is 27.8 Å². The number of pyridine rings is 1. The highest BCUT2D eigenvalue weighted by molar-refractivity contribution is 5.93. The smallest absolute Gasteiger partial charge is 0.343 e. The summed E-state index contributed by atoms with van der Waals surface area (Å²) in [6, 6.07) is 0.972. The van der Waals surface area contributed by atoms with Gasteiger partial charge in [0.05, 0.1) is 21.3 Å². The van der Waals surface area contributed by atoms with Gasteiger partial charge in [-0.3, -0.25) is 0 Å².